The van der Waals surface area contributed by atoms with Crippen molar-refractivity contribution < 1.29 is 14.5 Å². The molecule has 0 fully saturated rings. The van der Waals surface area contributed by atoms with E-state index in [1.165, 1.54) is 25.3 Å². The number of nitro groups is 1. The number of rotatable bonds is 7. The monoisotopic (exact) mass is 331 g/mol. The average Bonchev–Trinajstić information content (AvgIpc) is 2.51. The third-order valence-electron chi connectivity index (χ3n) is 3.76. The number of nitrogens with zero attached hydrogens (tertiary/aromatic N) is 1. The lowest BCUT2D eigenvalue weighted by Crippen LogP contribution is -2.52. The molecule has 0 radical (unpaired) electrons. The number of hydrogen-bond donors (Lipinski definition) is 2. The summed E-state index contributed by atoms with van der Waals surface area (Å²) in [7, 11) is 1.34. The van der Waals surface area contributed by atoms with E-state index in [4.69, 9.17) is 10.5 Å². The summed E-state index contributed by atoms with van der Waals surface area (Å²) < 4.78 is 4.91. The van der Waals surface area contributed by atoms with E-state index >= 15 is 0 Å². The molecule has 7 nitrogen and oxygen atoms in total. The number of amides is 1. The lowest BCUT2D eigenvalue weighted by atomic mass is 9.92. The van der Waals surface area contributed by atoms with Gasteiger partial charge in [-0.25, -0.2) is 0 Å². The maximum Gasteiger partial charge on any atom is 0.311 e. The van der Waals surface area contributed by atoms with E-state index in [0.29, 0.717) is 19.4 Å². The molecule has 3 N–H and O–H groups in total. The first-order valence-electron chi connectivity index (χ1n) is 6.78. The van der Waals surface area contributed by atoms with Crippen LogP contribution in [0.25, 0.3) is 0 Å². The van der Waals surface area contributed by atoms with Gasteiger partial charge >= 0.3 is 5.69 Å². The summed E-state index contributed by atoms with van der Waals surface area (Å²) in [5.41, 5.74) is 5.21. The maximum absolute atomic E-state index is 12.3. The normalized spacial score (nSPS) is 10.5. The summed E-state index contributed by atoms with van der Waals surface area (Å²) in [5.74, 6) is -0.262. The van der Waals surface area contributed by atoms with Gasteiger partial charge in [-0.1, -0.05) is 13.8 Å². The molecule has 0 aliphatic heterocycles. The molecule has 0 saturated carbocycles. The van der Waals surface area contributed by atoms with E-state index in [-0.39, 0.29) is 35.3 Å². The van der Waals surface area contributed by atoms with Crippen molar-refractivity contribution in [1.29, 1.82) is 0 Å². The lowest BCUT2D eigenvalue weighted by molar-refractivity contribution is -0.385. The van der Waals surface area contributed by atoms with Crippen LogP contribution < -0.4 is 15.8 Å². The van der Waals surface area contributed by atoms with Crippen LogP contribution in [0.4, 0.5) is 5.69 Å². The van der Waals surface area contributed by atoms with E-state index < -0.39 is 10.5 Å². The second kappa shape index (κ2) is 8.55. The highest BCUT2D eigenvalue weighted by Crippen LogP contribution is 2.27. The smallest absolute Gasteiger partial charge is 0.311 e. The summed E-state index contributed by atoms with van der Waals surface area (Å²) in [6.45, 7) is 4.18. The van der Waals surface area contributed by atoms with Crippen molar-refractivity contribution in [3.8, 4) is 5.75 Å². The number of nitrogens with one attached hydrogen (secondary N) is 1. The molecular formula is C14H22ClN3O4. The highest BCUT2D eigenvalue weighted by molar-refractivity contribution is 5.95. The van der Waals surface area contributed by atoms with Crippen LogP contribution in [0.5, 0.6) is 5.75 Å². The Morgan fingerprint density at radius 3 is 2.41 bits per heavy atom. The molecule has 0 aliphatic carbocycles. The summed E-state index contributed by atoms with van der Waals surface area (Å²) in [6, 6.07) is 4.11. The Morgan fingerprint density at radius 2 is 2.00 bits per heavy atom. The van der Waals surface area contributed by atoms with Crippen molar-refractivity contribution in [1.82, 2.24) is 5.32 Å². The molecule has 1 rings (SSSR count). The Morgan fingerprint density at radius 1 is 1.41 bits per heavy atom. The Kier molecular flexibility index (Phi) is 7.83. The number of carbonyl (C=O) groups excluding carboxylic acids is 1. The first-order chi connectivity index (χ1) is 9.92. The van der Waals surface area contributed by atoms with Gasteiger partial charge in [-0.05, 0) is 25.0 Å². The number of methoxy groups -OCH3 is 1. The minimum Gasteiger partial charge on any atom is -0.490 e. The van der Waals surface area contributed by atoms with Crippen LogP contribution in [-0.4, -0.2) is 30.0 Å². The number of benzene rings is 1. The Balaban J connectivity index is 0.00000441. The summed E-state index contributed by atoms with van der Waals surface area (Å²) in [5, 5.41) is 13.9. The van der Waals surface area contributed by atoms with Gasteiger partial charge in [-0.15, -0.1) is 12.4 Å². The third kappa shape index (κ3) is 4.32. The molecule has 1 aromatic rings. The van der Waals surface area contributed by atoms with E-state index in [2.05, 4.69) is 5.32 Å². The van der Waals surface area contributed by atoms with Crippen LogP contribution in [0.2, 0.25) is 0 Å². The van der Waals surface area contributed by atoms with Crippen molar-refractivity contribution in [3.05, 3.63) is 33.9 Å². The Bertz CT molecular complexity index is 525. The number of halogens is 1. The fourth-order valence-electron chi connectivity index (χ4n) is 2.05. The number of carbonyl (C=O) groups is 1. The molecular weight excluding hydrogens is 310 g/mol. The molecule has 0 atom stereocenters. The largest absolute Gasteiger partial charge is 0.490 e. The molecule has 0 aliphatic rings. The average molecular weight is 332 g/mol. The SMILES string of the molecule is CCC(CC)(CN)NC(=O)c1ccc(OC)c([N+](=O)[O-])c1.Cl. The van der Waals surface area contributed by atoms with Crippen molar-refractivity contribution >= 4 is 24.0 Å². The van der Waals surface area contributed by atoms with Crippen molar-refractivity contribution in [2.45, 2.75) is 32.2 Å². The lowest BCUT2D eigenvalue weighted by Gasteiger charge is -2.31. The van der Waals surface area contributed by atoms with E-state index in [0.717, 1.165) is 0 Å². The van der Waals surface area contributed by atoms with Gasteiger partial charge in [-0.3, -0.25) is 14.9 Å². The molecule has 0 bridgehead atoms. The zero-order chi connectivity index (χ0) is 16.0. The Labute approximate surface area is 135 Å². The van der Waals surface area contributed by atoms with Gasteiger partial charge in [0, 0.05) is 18.2 Å². The second-order valence-electron chi connectivity index (χ2n) is 4.79. The van der Waals surface area contributed by atoms with Gasteiger partial charge < -0.3 is 15.8 Å². The predicted molar refractivity (Wildman–Crippen MR) is 86.7 cm³/mol. The third-order valence-corrected chi connectivity index (χ3v) is 3.76. The fourth-order valence-corrected chi connectivity index (χ4v) is 2.05. The molecule has 0 aromatic heterocycles. The summed E-state index contributed by atoms with van der Waals surface area (Å²) >= 11 is 0. The summed E-state index contributed by atoms with van der Waals surface area (Å²) in [6.07, 6.45) is 1.37. The van der Waals surface area contributed by atoms with Gasteiger partial charge in [0.05, 0.1) is 17.6 Å². The predicted octanol–water partition coefficient (Wildman–Crippen LogP) is 2.27. The fraction of sp³-hybridized carbons (Fsp3) is 0.500. The van der Waals surface area contributed by atoms with Gasteiger partial charge in [0.1, 0.15) is 0 Å². The van der Waals surface area contributed by atoms with Crippen LogP contribution in [-0.2, 0) is 0 Å². The van der Waals surface area contributed by atoms with Crippen LogP contribution in [0.1, 0.15) is 37.0 Å². The zero-order valence-corrected chi connectivity index (χ0v) is 13.7. The molecule has 22 heavy (non-hydrogen) atoms. The first-order valence-corrected chi connectivity index (χ1v) is 6.78. The molecule has 0 heterocycles. The minimum absolute atomic E-state index is 0. The zero-order valence-electron chi connectivity index (χ0n) is 12.9. The molecule has 1 aromatic carbocycles. The molecule has 124 valence electrons. The van der Waals surface area contributed by atoms with Crippen molar-refractivity contribution in [2.24, 2.45) is 5.73 Å². The van der Waals surface area contributed by atoms with E-state index in [9.17, 15) is 14.9 Å². The Hall–Kier alpha value is -1.86. The second-order valence-corrected chi connectivity index (χ2v) is 4.79. The molecule has 0 saturated heterocycles. The minimum atomic E-state index is -0.578. The highest BCUT2D eigenvalue weighted by atomic mass is 35.5. The number of ether oxygens (including phenoxy) is 1. The quantitative estimate of drug-likeness (QED) is 0.588. The molecule has 1 amide bonds. The van der Waals surface area contributed by atoms with Gasteiger partial charge in [0.25, 0.3) is 5.91 Å². The maximum atomic E-state index is 12.3. The molecule has 8 heteroatoms. The van der Waals surface area contributed by atoms with Crippen LogP contribution in [0.3, 0.4) is 0 Å². The van der Waals surface area contributed by atoms with Crippen LogP contribution >= 0.6 is 12.4 Å². The standard InChI is InChI=1S/C14H21N3O4.ClH/c1-4-14(5-2,9-15)16-13(18)10-6-7-12(21-3)11(8-10)17(19)20;/h6-8H,4-5,9,15H2,1-3H3,(H,16,18);1H. The molecule has 0 unspecified atom stereocenters. The first kappa shape index (κ1) is 20.1. The number of nitro benzene ring substituents is 1. The number of hydrogen-bond acceptors (Lipinski definition) is 5. The summed E-state index contributed by atoms with van der Waals surface area (Å²) in [4.78, 5) is 22.7. The van der Waals surface area contributed by atoms with E-state index in [1.54, 1.807) is 0 Å². The van der Waals surface area contributed by atoms with Crippen molar-refractivity contribution in [2.75, 3.05) is 13.7 Å². The topological polar surface area (TPSA) is 107 Å². The van der Waals surface area contributed by atoms with Crippen LogP contribution in [0.15, 0.2) is 18.2 Å². The van der Waals surface area contributed by atoms with Crippen molar-refractivity contribution in [3.63, 3.8) is 0 Å². The highest BCUT2D eigenvalue weighted by Gasteiger charge is 2.27. The van der Waals surface area contributed by atoms with Gasteiger partial charge in [0.15, 0.2) is 5.75 Å². The number of nitrogens with two attached hydrogens (primary N) is 1. The van der Waals surface area contributed by atoms with Gasteiger partial charge in [0.2, 0.25) is 0 Å². The molecule has 0 spiro atoms. The van der Waals surface area contributed by atoms with E-state index in [1.807, 2.05) is 13.8 Å². The van der Waals surface area contributed by atoms with Crippen LogP contribution in [0, 0.1) is 10.1 Å². The van der Waals surface area contributed by atoms with Gasteiger partial charge in [-0.2, -0.15) is 0 Å².